The summed E-state index contributed by atoms with van der Waals surface area (Å²) in [5.74, 6) is -19.1. The van der Waals surface area contributed by atoms with Gasteiger partial charge in [0.05, 0.1) is 107 Å². The zero-order chi connectivity index (χ0) is 82.9. The highest BCUT2D eigenvalue weighted by molar-refractivity contribution is 7.43. The minimum Gasteiger partial charge on any atom is -0.790 e. The van der Waals surface area contributed by atoms with Gasteiger partial charge in [-0.25, -0.2) is 0 Å². The molecule has 0 radical (unpaired) electrons. The SMILES string of the molecule is O=COCCC(=O)N[C@H]1[C@H](OC[C@H]2O[C@H](OP(=O)([O-])[O-])[C@H](NC(=O)CCO)[C@@H](OC(=O)CCO)[C@@H]2O)O[C@H](CO[C@]2(C(=O)[O-])C[C@@H](O[C@]3(C(=O)[O-])C[C@@H](O)[C@@H](O)[C@@H]([C@H](O)CO)O3)[C@@H](O[C@H]3O[C@H]([C@@H](O)CO)[C@@H](O)[C@H](O[C@H]4O[C@H]([C@@H](O)CO)[C@@H](O)[C@H](O)[C@@H]4O)[C@@H]3O)[C@@H]([C@H](O)CO)O2)[C@@H](OP(=O)([O-])[O-])[C@@H]1OC(=O)CCOC=O. The van der Waals surface area contributed by atoms with Crippen LogP contribution in [-0.4, -0.2) is 402 Å². The molecule has 0 aromatic carbocycles. The van der Waals surface area contributed by atoms with Crippen LogP contribution in [0.3, 0.4) is 0 Å². The average Bonchev–Trinajstić information content (AvgIpc) is 0.741. The van der Waals surface area contributed by atoms with Crippen LogP contribution >= 0.6 is 15.6 Å². The molecule has 6 rings (SSSR count). The van der Waals surface area contributed by atoms with Crippen molar-refractivity contribution in [3.8, 4) is 0 Å². The summed E-state index contributed by atoms with van der Waals surface area (Å²) in [6.07, 6.45) is -78.9. The third-order valence-corrected chi connectivity index (χ3v) is 18.5. The van der Waals surface area contributed by atoms with Crippen molar-refractivity contribution in [3.05, 3.63) is 0 Å². The van der Waals surface area contributed by atoms with Crippen LogP contribution in [0.4, 0.5) is 0 Å². The summed E-state index contributed by atoms with van der Waals surface area (Å²) < 4.78 is 117. The van der Waals surface area contributed by atoms with E-state index < -0.39 is 351 Å². The molecule has 0 aromatic heterocycles. The van der Waals surface area contributed by atoms with Crippen LogP contribution in [0.1, 0.15) is 38.5 Å². The van der Waals surface area contributed by atoms with Crippen molar-refractivity contribution in [1.29, 1.82) is 0 Å². The second kappa shape index (κ2) is 42.1. The van der Waals surface area contributed by atoms with Gasteiger partial charge in [0.1, 0.15) is 153 Å². The Balaban J connectivity index is 1.55. The molecule has 53 nitrogen and oxygen atoms in total. The van der Waals surface area contributed by atoms with Gasteiger partial charge in [0.15, 0.2) is 37.4 Å². The number of phosphoric acid groups is 2. The number of ether oxygens (including phenoxy) is 15. The molecule has 2 amide bonds. The number of carbonyl (C=O) groups excluding carboxylic acids is 8. The highest BCUT2D eigenvalue weighted by Gasteiger charge is 2.62. The molecule has 6 aliphatic rings. The topological polar surface area (TPSA) is 854 Å². The Morgan fingerprint density at radius 3 is 1.51 bits per heavy atom. The zero-order valence-electron chi connectivity index (χ0n) is 57.2. The van der Waals surface area contributed by atoms with Crippen LogP contribution in [0, 0.1) is 0 Å². The van der Waals surface area contributed by atoms with Gasteiger partial charge in [-0.15, -0.1) is 0 Å². The van der Waals surface area contributed by atoms with Crippen LogP contribution in [0.25, 0.3) is 0 Å². The quantitative estimate of drug-likeness (QED) is 0.00887. The number of aliphatic carboxylic acids is 2. The Labute approximate surface area is 622 Å². The van der Waals surface area contributed by atoms with Gasteiger partial charge in [-0.1, -0.05) is 0 Å². The lowest BCUT2D eigenvalue weighted by molar-refractivity contribution is -0.432. The minimum absolute atomic E-state index is 0.169. The number of hydrogen-bond acceptors (Lipinski definition) is 51. The van der Waals surface area contributed by atoms with Crippen LogP contribution in [-0.2, 0) is 128 Å². The van der Waals surface area contributed by atoms with E-state index in [2.05, 4.69) is 19.3 Å². The van der Waals surface area contributed by atoms with Gasteiger partial charge in [0, 0.05) is 19.3 Å². The summed E-state index contributed by atoms with van der Waals surface area (Å²) in [6, 6.07) is -4.78. The molecule has 6 saturated heterocycles. The molecule has 0 aromatic rings. The van der Waals surface area contributed by atoms with Crippen molar-refractivity contribution in [2.75, 3.05) is 66.1 Å². The van der Waals surface area contributed by atoms with E-state index in [0.717, 1.165) is 0 Å². The fourth-order valence-electron chi connectivity index (χ4n) is 12.3. The number of carboxylic acid groups (broad SMARTS) is 2. The summed E-state index contributed by atoms with van der Waals surface area (Å²) in [4.78, 5) is 154. The third kappa shape index (κ3) is 24.5. The number of amides is 2. The Morgan fingerprint density at radius 2 is 0.964 bits per heavy atom. The number of rotatable bonds is 42. The second-order valence-corrected chi connectivity index (χ2v) is 27.4. The minimum atomic E-state index is -6.77. The fraction of sp³-hybridized carbons (Fsp3) is 0.857. The molecule has 0 aliphatic carbocycles. The summed E-state index contributed by atoms with van der Waals surface area (Å²) >= 11 is 0. The van der Waals surface area contributed by atoms with E-state index in [1.807, 2.05) is 5.32 Å². The molecular weight excluding hydrogens is 1580 g/mol. The molecule has 0 saturated carbocycles. The number of hydrogen-bond donors (Lipinski definition) is 20. The third-order valence-electron chi connectivity index (χ3n) is 17.6. The lowest BCUT2D eigenvalue weighted by Gasteiger charge is -2.54. The molecule has 20 N–H and O–H groups in total. The number of carboxylic acids is 2. The van der Waals surface area contributed by atoms with Crippen LogP contribution in [0.2, 0.25) is 0 Å². The van der Waals surface area contributed by atoms with Crippen molar-refractivity contribution in [2.24, 2.45) is 0 Å². The predicted molar refractivity (Wildman–Crippen MR) is 318 cm³/mol. The highest BCUT2D eigenvalue weighted by Crippen LogP contribution is 2.45. The van der Waals surface area contributed by atoms with Gasteiger partial charge in [0.2, 0.25) is 23.4 Å². The van der Waals surface area contributed by atoms with Gasteiger partial charge >= 0.3 is 11.9 Å². The number of nitrogens with one attached hydrogen (secondary N) is 2. The molecule has 0 unspecified atom stereocenters. The summed E-state index contributed by atoms with van der Waals surface area (Å²) in [7, 11) is -13.1. The van der Waals surface area contributed by atoms with Crippen molar-refractivity contribution in [1.82, 2.24) is 10.6 Å². The molecular formula is C56H84N2O51P2-6. The maximum Gasteiger partial charge on any atom is 0.309 e. The largest absolute Gasteiger partial charge is 0.790 e. The monoisotopic (exact) mass is 1660 g/mol. The standard InChI is InChI=1S/C56H90N2O51P2/c59-5-1-27(72)57-31-46(99-29(74)2-6-60)34(77)25(97-50(31)109-111(90,91)92)15-95-49-32(58-28(73)3-7-93-17-65)47(100-30(75)4-8-94-18-66)45(108-110(87,88)89)26(98-49)16-96-55(53(83)84)10-24(105-56(54(85)86)9-19(67)33(76)42(106-56)22(70)13-63)44(43(107-55)23(71)14-64)103-52-39(82)48(38(81)41(102-52)21(69)12-62)104-51-37(80)35(78)36(79)40(101-51)20(68)11-61/h17-26,31-52,59-64,67-71,76-82H,1-16H2,(H,57,72)(H,58,73)(H,83,84)(H,85,86)(H2,87,88,89)(H2,90,91,92)/p-6/t19-,20+,21+,22-,23-,24-,25-,26-,31-,32-,33-,34-,35+,36+,37+,38-,39+,40-,41-,42-,43-,44-,45-,46-,47-,48+,49-,50-,51-,52-,55-,56-/m1/s1. The highest BCUT2D eigenvalue weighted by atomic mass is 31.2. The Kier molecular flexibility index (Phi) is 35.9. The van der Waals surface area contributed by atoms with Crippen molar-refractivity contribution >= 4 is 64.3 Å². The van der Waals surface area contributed by atoms with Crippen molar-refractivity contribution in [3.63, 3.8) is 0 Å². The first kappa shape index (κ1) is 94.7. The molecule has 55 heteroatoms. The normalized spacial score (nSPS) is 37.9. The Bertz CT molecular complexity index is 3120. The van der Waals surface area contributed by atoms with Gasteiger partial charge in [-0.3, -0.25) is 28.8 Å². The van der Waals surface area contributed by atoms with Crippen LogP contribution in [0.5, 0.6) is 0 Å². The lowest BCUT2D eigenvalue weighted by atomic mass is 9.89. The van der Waals surface area contributed by atoms with Crippen molar-refractivity contribution < 1.29 is 249 Å². The number of phosphoric ester groups is 2. The molecule has 32 atom stereocenters. The van der Waals surface area contributed by atoms with E-state index >= 15 is 0 Å². The first-order valence-electron chi connectivity index (χ1n) is 33.1. The lowest BCUT2D eigenvalue weighted by Crippen LogP contribution is -2.72. The molecule has 111 heavy (non-hydrogen) atoms. The van der Waals surface area contributed by atoms with E-state index in [9.17, 15) is 169 Å². The number of aliphatic hydroxyl groups is 18. The smallest absolute Gasteiger partial charge is 0.309 e. The molecule has 6 fully saturated rings. The van der Waals surface area contributed by atoms with Gasteiger partial charge < -0.3 is 231 Å². The van der Waals surface area contributed by atoms with E-state index in [1.54, 1.807) is 0 Å². The summed E-state index contributed by atoms with van der Waals surface area (Å²) in [5.41, 5.74) is 0. The van der Waals surface area contributed by atoms with Gasteiger partial charge in [-0.2, -0.15) is 0 Å². The molecule has 640 valence electrons. The number of carbonyl (C=O) groups is 8. The van der Waals surface area contributed by atoms with Crippen LogP contribution in [0.15, 0.2) is 0 Å². The van der Waals surface area contributed by atoms with E-state index in [1.165, 1.54) is 0 Å². The fourth-order valence-corrected chi connectivity index (χ4v) is 13.3. The molecule has 6 heterocycles. The van der Waals surface area contributed by atoms with Crippen molar-refractivity contribution in [2.45, 2.75) is 234 Å². The van der Waals surface area contributed by atoms with E-state index in [4.69, 9.17) is 66.1 Å². The second-order valence-electron chi connectivity index (χ2n) is 25.2. The first-order chi connectivity index (χ1) is 52.1. The predicted octanol–water partition coefficient (Wildman–Crippen LogP) is -21.4. The zero-order valence-corrected chi connectivity index (χ0v) is 59.0. The van der Waals surface area contributed by atoms with E-state index in [0.29, 0.717) is 0 Å². The number of esters is 2. The Morgan fingerprint density at radius 1 is 0.477 bits per heavy atom. The molecule has 0 bridgehead atoms. The summed E-state index contributed by atoms with van der Waals surface area (Å²) in [5, 5.41) is 225. The van der Waals surface area contributed by atoms with Gasteiger partial charge in [0.25, 0.3) is 12.9 Å². The average molecular weight is 1660 g/mol. The van der Waals surface area contributed by atoms with Gasteiger partial charge in [-0.05, 0) is 0 Å². The first-order valence-corrected chi connectivity index (χ1v) is 36.0. The van der Waals surface area contributed by atoms with E-state index in [-0.39, 0.29) is 12.9 Å². The number of aliphatic hydroxyl groups excluding tert-OH is 18. The molecule has 0 spiro atoms. The maximum atomic E-state index is 14.2. The molecule has 6 aliphatic heterocycles. The maximum absolute atomic E-state index is 14.2. The Hall–Kier alpha value is -5.18. The van der Waals surface area contributed by atoms with Crippen LogP contribution < -0.4 is 40.4 Å². The summed E-state index contributed by atoms with van der Waals surface area (Å²) in [6.45, 7) is -13.2.